The molecule has 2 fully saturated rings. The van der Waals surface area contributed by atoms with Crippen molar-refractivity contribution < 1.29 is 0 Å². The lowest BCUT2D eigenvalue weighted by atomic mass is 10.2. The van der Waals surface area contributed by atoms with Gasteiger partial charge < -0.3 is 5.32 Å². The summed E-state index contributed by atoms with van der Waals surface area (Å²) in [6.45, 7) is 2.51. The first-order chi connectivity index (χ1) is 8.35. The average molecular weight is 248 g/mol. The minimum absolute atomic E-state index is 0.646. The lowest BCUT2D eigenvalue weighted by Crippen LogP contribution is -2.27. The standard InChI is InChI=1S/C14H20N2S/c1-17-14-4-2-3-11(9-14)15-12-7-8-16(10-12)13-5-6-13/h2-4,9,12-13,15H,5-8,10H2,1H3. The van der Waals surface area contributed by atoms with Gasteiger partial charge in [0.2, 0.25) is 0 Å². The quantitative estimate of drug-likeness (QED) is 0.825. The van der Waals surface area contributed by atoms with Crippen LogP contribution in [0.3, 0.4) is 0 Å². The third-order valence-corrected chi connectivity index (χ3v) is 4.45. The van der Waals surface area contributed by atoms with E-state index < -0.39 is 0 Å². The molecule has 1 atom stereocenters. The first kappa shape index (κ1) is 11.4. The van der Waals surface area contributed by atoms with Crippen molar-refractivity contribution in [3.63, 3.8) is 0 Å². The average Bonchev–Trinajstić information content (AvgIpc) is 3.11. The molecule has 0 bridgehead atoms. The monoisotopic (exact) mass is 248 g/mol. The van der Waals surface area contributed by atoms with Gasteiger partial charge in [0, 0.05) is 35.8 Å². The van der Waals surface area contributed by atoms with E-state index in [4.69, 9.17) is 0 Å². The largest absolute Gasteiger partial charge is 0.381 e. The van der Waals surface area contributed by atoms with E-state index in [1.807, 2.05) is 0 Å². The highest BCUT2D eigenvalue weighted by atomic mass is 32.2. The van der Waals surface area contributed by atoms with E-state index in [0.29, 0.717) is 6.04 Å². The van der Waals surface area contributed by atoms with Crippen molar-refractivity contribution in [1.29, 1.82) is 0 Å². The molecule has 3 rings (SSSR count). The molecule has 1 aromatic rings. The van der Waals surface area contributed by atoms with Crippen molar-refractivity contribution in [3.05, 3.63) is 24.3 Å². The molecule has 0 aromatic heterocycles. The lowest BCUT2D eigenvalue weighted by Gasteiger charge is -2.17. The third kappa shape index (κ3) is 2.78. The molecular formula is C14H20N2S. The molecule has 2 aliphatic rings. The van der Waals surface area contributed by atoms with Gasteiger partial charge in [0.1, 0.15) is 0 Å². The van der Waals surface area contributed by atoms with Gasteiger partial charge in [0.05, 0.1) is 0 Å². The summed E-state index contributed by atoms with van der Waals surface area (Å²) in [6.07, 6.45) is 6.27. The zero-order valence-corrected chi connectivity index (χ0v) is 11.2. The molecule has 1 saturated carbocycles. The minimum atomic E-state index is 0.646. The molecule has 1 aliphatic heterocycles. The number of nitrogens with zero attached hydrogens (tertiary/aromatic N) is 1. The van der Waals surface area contributed by atoms with E-state index in [-0.39, 0.29) is 0 Å². The Hall–Kier alpha value is -0.670. The summed E-state index contributed by atoms with van der Waals surface area (Å²) < 4.78 is 0. The number of rotatable bonds is 4. The van der Waals surface area contributed by atoms with Gasteiger partial charge >= 0.3 is 0 Å². The number of thioether (sulfide) groups is 1. The number of anilines is 1. The highest BCUT2D eigenvalue weighted by molar-refractivity contribution is 7.98. The second-order valence-corrected chi connectivity index (χ2v) is 5.97. The van der Waals surface area contributed by atoms with Gasteiger partial charge in [-0.05, 0) is 43.7 Å². The normalized spacial score (nSPS) is 25.1. The van der Waals surface area contributed by atoms with Crippen molar-refractivity contribution in [2.24, 2.45) is 0 Å². The van der Waals surface area contributed by atoms with Crippen molar-refractivity contribution >= 4 is 17.4 Å². The fourth-order valence-corrected chi connectivity index (χ4v) is 3.08. The minimum Gasteiger partial charge on any atom is -0.381 e. The summed E-state index contributed by atoms with van der Waals surface area (Å²) in [5, 5.41) is 3.67. The molecule has 0 radical (unpaired) electrons. The van der Waals surface area contributed by atoms with Crippen LogP contribution in [0.4, 0.5) is 5.69 Å². The van der Waals surface area contributed by atoms with Crippen LogP contribution in [-0.2, 0) is 0 Å². The number of benzene rings is 1. The zero-order chi connectivity index (χ0) is 11.7. The molecule has 92 valence electrons. The van der Waals surface area contributed by atoms with Gasteiger partial charge in [0.15, 0.2) is 0 Å². The summed E-state index contributed by atoms with van der Waals surface area (Å²) in [5.74, 6) is 0. The maximum absolute atomic E-state index is 3.67. The van der Waals surface area contributed by atoms with Gasteiger partial charge in [0.25, 0.3) is 0 Å². The van der Waals surface area contributed by atoms with Crippen molar-refractivity contribution in [3.8, 4) is 0 Å². The number of hydrogen-bond donors (Lipinski definition) is 1. The van der Waals surface area contributed by atoms with E-state index in [1.54, 1.807) is 11.8 Å². The fourth-order valence-electron chi connectivity index (χ4n) is 2.63. The molecule has 1 unspecified atom stereocenters. The Morgan fingerprint density at radius 2 is 2.18 bits per heavy atom. The van der Waals surface area contributed by atoms with Crippen LogP contribution in [0.5, 0.6) is 0 Å². The van der Waals surface area contributed by atoms with Crippen molar-refractivity contribution in [1.82, 2.24) is 4.90 Å². The first-order valence-corrected chi connectivity index (χ1v) is 7.72. The molecular weight excluding hydrogens is 228 g/mol. The van der Waals surface area contributed by atoms with E-state index >= 15 is 0 Å². The third-order valence-electron chi connectivity index (χ3n) is 3.72. The van der Waals surface area contributed by atoms with Crippen LogP contribution in [0.15, 0.2) is 29.2 Å². The van der Waals surface area contributed by atoms with E-state index in [9.17, 15) is 0 Å². The van der Waals surface area contributed by atoms with Gasteiger partial charge in [-0.1, -0.05) is 6.07 Å². The Balaban J connectivity index is 1.59. The molecule has 3 heteroatoms. The Kier molecular flexibility index (Phi) is 3.30. The van der Waals surface area contributed by atoms with Crippen LogP contribution in [0.2, 0.25) is 0 Å². The number of hydrogen-bond acceptors (Lipinski definition) is 3. The topological polar surface area (TPSA) is 15.3 Å². The Morgan fingerprint density at radius 3 is 2.94 bits per heavy atom. The van der Waals surface area contributed by atoms with E-state index in [0.717, 1.165) is 6.04 Å². The van der Waals surface area contributed by atoms with E-state index in [2.05, 4.69) is 40.7 Å². The molecule has 1 heterocycles. The molecule has 1 aromatic carbocycles. The maximum atomic E-state index is 3.67. The van der Waals surface area contributed by atoms with Crippen LogP contribution in [0, 0.1) is 0 Å². The van der Waals surface area contributed by atoms with Crippen LogP contribution in [-0.4, -0.2) is 36.3 Å². The van der Waals surface area contributed by atoms with E-state index in [1.165, 1.54) is 42.9 Å². The maximum Gasteiger partial charge on any atom is 0.0400 e. The van der Waals surface area contributed by atoms with Crippen LogP contribution < -0.4 is 5.32 Å². The number of nitrogens with one attached hydrogen (secondary N) is 1. The SMILES string of the molecule is CSc1cccc(NC2CCN(C3CC3)C2)c1. The second-order valence-electron chi connectivity index (χ2n) is 5.09. The fraction of sp³-hybridized carbons (Fsp3) is 0.571. The summed E-state index contributed by atoms with van der Waals surface area (Å²) in [5.41, 5.74) is 1.28. The molecule has 1 N–H and O–H groups in total. The highest BCUT2D eigenvalue weighted by Crippen LogP contribution is 2.30. The van der Waals surface area contributed by atoms with Gasteiger partial charge in [-0.15, -0.1) is 11.8 Å². The van der Waals surface area contributed by atoms with Gasteiger partial charge in [-0.3, -0.25) is 4.90 Å². The Labute approximate surface area is 108 Å². The summed E-state index contributed by atoms with van der Waals surface area (Å²) in [6, 6.07) is 10.3. The molecule has 0 amide bonds. The van der Waals surface area contributed by atoms with Gasteiger partial charge in [-0.2, -0.15) is 0 Å². The lowest BCUT2D eigenvalue weighted by molar-refractivity contribution is 0.326. The van der Waals surface area contributed by atoms with Crippen LogP contribution in [0.1, 0.15) is 19.3 Å². The Morgan fingerprint density at radius 1 is 1.29 bits per heavy atom. The predicted molar refractivity (Wildman–Crippen MR) is 74.8 cm³/mol. The molecule has 1 saturated heterocycles. The van der Waals surface area contributed by atoms with Crippen molar-refractivity contribution in [2.45, 2.75) is 36.2 Å². The first-order valence-electron chi connectivity index (χ1n) is 6.50. The predicted octanol–water partition coefficient (Wildman–Crippen LogP) is 3.06. The Bertz CT molecular complexity index is 390. The molecule has 17 heavy (non-hydrogen) atoms. The molecule has 0 spiro atoms. The van der Waals surface area contributed by atoms with Crippen molar-refractivity contribution in [2.75, 3.05) is 24.7 Å². The van der Waals surface area contributed by atoms with Crippen LogP contribution >= 0.6 is 11.8 Å². The smallest absolute Gasteiger partial charge is 0.0400 e. The zero-order valence-electron chi connectivity index (χ0n) is 10.4. The molecule has 1 aliphatic carbocycles. The van der Waals surface area contributed by atoms with Gasteiger partial charge in [-0.25, -0.2) is 0 Å². The number of likely N-dealkylation sites (tertiary alicyclic amines) is 1. The summed E-state index contributed by atoms with van der Waals surface area (Å²) in [4.78, 5) is 3.99. The highest BCUT2D eigenvalue weighted by Gasteiger charge is 2.34. The summed E-state index contributed by atoms with van der Waals surface area (Å²) >= 11 is 1.81. The second kappa shape index (κ2) is 4.91. The summed E-state index contributed by atoms with van der Waals surface area (Å²) in [7, 11) is 0. The van der Waals surface area contributed by atoms with Crippen LogP contribution in [0.25, 0.3) is 0 Å². The molecule has 2 nitrogen and oxygen atoms in total.